The van der Waals surface area contributed by atoms with E-state index >= 15 is 0 Å². The summed E-state index contributed by atoms with van der Waals surface area (Å²) in [4.78, 5) is 29.1. The number of nitrogens with zero attached hydrogens (tertiary/aromatic N) is 1. The molecule has 5 nitrogen and oxygen atoms in total. The van der Waals surface area contributed by atoms with E-state index in [0.29, 0.717) is 5.92 Å². The quantitative estimate of drug-likeness (QED) is 0.320. The molecule has 0 radical (unpaired) electrons. The number of para-hydroxylation sites is 1. The second-order valence-corrected chi connectivity index (χ2v) is 10.0. The van der Waals surface area contributed by atoms with Gasteiger partial charge in [-0.3, -0.25) is 14.6 Å². The Balaban J connectivity index is 1.65. The number of rotatable bonds is 8. The maximum Gasteiger partial charge on any atom is 0.313 e. The molecule has 1 aliphatic carbocycles. The molecule has 0 unspecified atom stereocenters. The largest absolute Gasteiger partial charge is 0.460 e. The van der Waals surface area contributed by atoms with Crippen molar-refractivity contribution < 1.29 is 23.8 Å². The van der Waals surface area contributed by atoms with Gasteiger partial charge in [-0.05, 0) is 57.4 Å². The summed E-state index contributed by atoms with van der Waals surface area (Å²) in [5.74, 6) is -0.990. The molecule has 4 rings (SSSR count). The number of ether oxygens (including phenoxy) is 1. The van der Waals surface area contributed by atoms with Gasteiger partial charge in [0.25, 0.3) is 0 Å². The predicted octanol–water partition coefficient (Wildman–Crippen LogP) is 5.98. The minimum atomic E-state index is -1.07. The summed E-state index contributed by atoms with van der Waals surface area (Å²) in [5, 5.41) is 11.5. The predicted molar refractivity (Wildman–Crippen MR) is 134 cm³/mol. The fourth-order valence-corrected chi connectivity index (χ4v) is 4.13. The molecule has 1 heterocycles. The van der Waals surface area contributed by atoms with E-state index < -0.39 is 23.5 Å². The number of fused-ring (bicyclic) bond motifs is 1. The first kappa shape index (κ1) is 24.7. The number of hydrogen-bond donors (Lipinski definition) is 1. The lowest BCUT2D eigenvalue weighted by Crippen LogP contribution is -2.26. The Bertz CT molecular complexity index is 1270. The van der Waals surface area contributed by atoms with Gasteiger partial charge in [0.1, 0.15) is 23.6 Å². The van der Waals surface area contributed by atoms with Crippen LogP contribution in [0.5, 0.6) is 0 Å². The number of esters is 1. The number of aliphatic hydroxyl groups excluding tert-OH is 1. The molecule has 1 fully saturated rings. The van der Waals surface area contributed by atoms with Crippen LogP contribution in [0.4, 0.5) is 4.39 Å². The van der Waals surface area contributed by atoms with Crippen molar-refractivity contribution in [2.45, 2.75) is 64.1 Å². The Labute approximate surface area is 204 Å². The summed E-state index contributed by atoms with van der Waals surface area (Å²) in [6, 6.07) is 14.2. The van der Waals surface area contributed by atoms with Gasteiger partial charge in [0, 0.05) is 28.9 Å². The molecule has 3 aromatic rings. The van der Waals surface area contributed by atoms with Gasteiger partial charge in [-0.2, -0.15) is 0 Å². The Kier molecular flexibility index (Phi) is 7.13. The average molecular weight is 476 g/mol. The van der Waals surface area contributed by atoms with Crippen LogP contribution in [0, 0.1) is 5.82 Å². The molecule has 0 bridgehead atoms. The van der Waals surface area contributed by atoms with Crippen molar-refractivity contribution in [2.75, 3.05) is 0 Å². The lowest BCUT2D eigenvalue weighted by atomic mass is 9.92. The molecular formula is C29H30FNO4. The van der Waals surface area contributed by atoms with Gasteiger partial charge >= 0.3 is 5.97 Å². The van der Waals surface area contributed by atoms with E-state index in [2.05, 4.69) is 0 Å². The molecule has 0 amide bonds. The van der Waals surface area contributed by atoms with Crippen LogP contribution in [0.2, 0.25) is 0 Å². The van der Waals surface area contributed by atoms with Gasteiger partial charge in [-0.15, -0.1) is 0 Å². The smallest absolute Gasteiger partial charge is 0.313 e. The third kappa shape index (κ3) is 6.40. The standard InChI is InChI=1S/C29H30FNO4/c1-29(2,3)35-26(34)17-22(33)16-21(32)14-15-24-27(18-10-12-20(30)13-11-18)23-6-4-5-7-25(23)31-28(24)19-8-9-19/h4-7,10-15,19,21,32H,8-9,16-17H2,1-3H3/b15-14+/t21-/m1/s1. The Morgan fingerprint density at radius 2 is 1.83 bits per heavy atom. The minimum absolute atomic E-state index is 0.193. The number of benzene rings is 2. The van der Waals surface area contributed by atoms with Crippen molar-refractivity contribution in [2.24, 2.45) is 0 Å². The summed E-state index contributed by atoms with van der Waals surface area (Å²) in [5.41, 5.74) is 3.75. The van der Waals surface area contributed by atoms with E-state index in [0.717, 1.165) is 46.1 Å². The normalized spacial score (nSPS) is 14.9. The molecule has 0 aliphatic heterocycles. The highest BCUT2D eigenvalue weighted by Gasteiger charge is 2.29. The maximum absolute atomic E-state index is 13.7. The zero-order valence-electron chi connectivity index (χ0n) is 20.3. The van der Waals surface area contributed by atoms with Gasteiger partial charge in [-0.25, -0.2) is 4.39 Å². The van der Waals surface area contributed by atoms with Crippen molar-refractivity contribution in [3.63, 3.8) is 0 Å². The second-order valence-electron chi connectivity index (χ2n) is 10.0. The van der Waals surface area contributed by atoms with Crippen LogP contribution in [0.15, 0.2) is 54.6 Å². The van der Waals surface area contributed by atoms with Crippen LogP contribution in [0.25, 0.3) is 28.1 Å². The van der Waals surface area contributed by atoms with E-state index in [1.807, 2.05) is 24.3 Å². The number of hydrogen-bond acceptors (Lipinski definition) is 5. The SMILES string of the molecule is CC(C)(C)OC(=O)CC(=O)C[C@H](O)/C=C/c1c(C2CC2)nc2ccccc2c1-c1ccc(F)cc1. The lowest BCUT2D eigenvalue weighted by molar-refractivity contribution is -0.156. The van der Waals surface area contributed by atoms with Crippen LogP contribution >= 0.6 is 0 Å². The van der Waals surface area contributed by atoms with E-state index in [4.69, 9.17) is 9.72 Å². The number of carbonyl (C=O) groups is 2. The van der Waals surface area contributed by atoms with Crippen molar-refractivity contribution in [1.29, 1.82) is 0 Å². The van der Waals surface area contributed by atoms with Crippen molar-refractivity contribution in [1.82, 2.24) is 4.98 Å². The van der Waals surface area contributed by atoms with E-state index in [1.165, 1.54) is 12.1 Å². The number of carbonyl (C=O) groups excluding carboxylic acids is 2. The monoisotopic (exact) mass is 475 g/mol. The molecule has 1 atom stereocenters. The molecule has 1 aromatic heterocycles. The topological polar surface area (TPSA) is 76.5 Å². The highest BCUT2D eigenvalue weighted by molar-refractivity contribution is 5.99. The molecular weight excluding hydrogens is 445 g/mol. The minimum Gasteiger partial charge on any atom is -0.460 e. The molecule has 0 saturated heterocycles. The van der Waals surface area contributed by atoms with Crippen LogP contribution in [0.1, 0.15) is 63.6 Å². The third-order valence-electron chi connectivity index (χ3n) is 5.74. The summed E-state index contributed by atoms with van der Waals surface area (Å²) in [6.45, 7) is 5.21. The van der Waals surface area contributed by atoms with Gasteiger partial charge in [-0.1, -0.05) is 42.5 Å². The van der Waals surface area contributed by atoms with Crippen molar-refractivity contribution in [3.05, 3.63) is 71.7 Å². The highest BCUT2D eigenvalue weighted by atomic mass is 19.1. The molecule has 1 N–H and O–H groups in total. The van der Waals surface area contributed by atoms with E-state index in [1.54, 1.807) is 45.1 Å². The summed E-state index contributed by atoms with van der Waals surface area (Å²) < 4.78 is 18.9. The molecule has 0 spiro atoms. The molecule has 1 saturated carbocycles. The Hall–Kier alpha value is -3.38. The number of aromatic nitrogens is 1. The van der Waals surface area contributed by atoms with E-state index in [-0.39, 0.29) is 18.7 Å². The van der Waals surface area contributed by atoms with Crippen LogP contribution < -0.4 is 0 Å². The number of Topliss-reactive ketones (excluding diaryl/α,β-unsaturated/α-hetero) is 1. The Morgan fingerprint density at radius 1 is 1.14 bits per heavy atom. The Morgan fingerprint density at radius 3 is 2.49 bits per heavy atom. The van der Waals surface area contributed by atoms with Gasteiger partial charge in [0.2, 0.25) is 0 Å². The van der Waals surface area contributed by atoms with Gasteiger partial charge in [0.05, 0.1) is 17.3 Å². The third-order valence-corrected chi connectivity index (χ3v) is 5.74. The fraction of sp³-hybridized carbons (Fsp3) is 0.345. The van der Waals surface area contributed by atoms with Crippen molar-refractivity contribution in [3.8, 4) is 11.1 Å². The zero-order valence-corrected chi connectivity index (χ0v) is 20.3. The second kappa shape index (κ2) is 10.1. The lowest BCUT2D eigenvalue weighted by Gasteiger charge is -2.19. The molecule has 6 heteroatoms. The number of ketones is 1. The number of halogens is 1. The van der Waals surface area contributed by atoms with Gasteiger partial charge in [0.15, 0.2) is 0 Å². The first-order valence-corrected chi connectivity index (χ1v) is 11.9. The molecule has 182 valence electrons. The highest BCUT2D eigenvalue weighted by Crippen LogP contribution is 2.45. The molecule has 1 aliphatic rings. The molecule has 35 heavy (non-hydrogen) atoms. The maximum atomic E-state index is 13.7. The first-order chi connectivity index (χ1) is 16.6. The number of aliphatic hydroxyl groups is 1. The average Bonchev–Trinajstić information content (AvgIpc) is 3.61. The zero-order chi connectivity index (χ0) is 25.2. The van der Waals surface area contributed by atoms with Crippen LogP contribution in [0.3, 0.4) is 0 Å². The van der Waals surface area contributed by atoms with Crippen LogP contribution in [-0.4, -0.2) is 33.5 Å². The summed E-state index contributed by atoms with van der Waals surface area (Å²) in [6.07, 6.45) is 3.80. The molecule has 2 aromatic carbocycles. The first-order valence-electron chi connectivity index (χ1n) is 11.9. The van der Waals surface area contributed by atoms with E-state index in [9.17, 15) is 19.1 Å². The van der Waals surface area contributed by atoms with Crippen molar-refractivity contribution >= 4 is 28.7 Å². The summed E-state index contributed by atoms with van der Waals surface area (Å²) in [7, 11) is 0. The van der Waals surface area contributed by atoms with Gasteiger partial charge < -0.3 is 9.84 Å². The fourth-order valence-electron chi connectivity index (χ4n) is 4.13. The summed E-state index contributed by atoms with van der Waals surface area (Å²) >= 11 is 0. The number of pyridine rings is 1. The van der Waals surface area contributed by atoms with Crippen LogP contribution in [-0.2, 0) is 14.3 Å².